The number of hydrogen-bond donors (Lipinski definition) is 2. The van der Waals surface area contributed by atoms with E-state index in [9.17, 15) is 9.90 Å². The first kappa shape index (κ1) is 24.5. The van der Waals surface area contributed by atoms with E-state index in [1.54, 1.807) is 12.3 Å². The summed E-state index contributed by atoms with van der Waals surface area (Å²) in [6.07, 6.45) is 12.3. The van der Waals surface area contributed by atoms with E-state index in [-0.39, 0.29) is 5.63 Å². The van der Waals surface area contributed by atoms with Crippen molar-refractivity contribution in [2.75, 3.05) is 27.2 Å². The summed E-state index contributed by atoms with van der Waals surface area (Å²) in [6.45, 7) is 7.10. The topological polar surface area (TPSA) is 65.7 Å². The molecule has 0 aliphatic heterocycles. The Morgan fingerprint density at radius 2 is 1.82 bits per heavy atom. The fourth-order valence-corrected chi connectivity index (χ4v) is 9.16. The molecule has 0 saturated heterocycles. The van der Waals surface area contributed by atoms with Crippen molar-refractivity contribution in [1.29, 1.82) is 0 Å². The lowest BCUT2D eigenvalue weighted by atomic mass is 9.43. The van der Waals surface area contributed by atoms with E-state index >= 15 is 0 Å². The molecule has 0 spiro atoms. The molecule has 0 bridgehead atoms. The Kier molecular flexibility index (Phi) is 6.76. The summed E-state index contributed by atoms with van der Waals surface area (Å²) < 4.78 is 5.20. The van der Waals surface area contributed by atoms with E-state index in [2.05, 4.69) is 38.2 Å². The molecule has 0 aromatic carbocycles. The predicted octanol–water partition coefficient (Wildman–Crippen LogP) is 4.65. The summed E-state index contributed by atoms with van der Waals surface area (Å²) in [7, 11) is 4.29. The lowest BCUT2D eigenvalue weighted by molar-refractivity contribution is -0.205. The Morgan fingerprint density at radius 1 is 1.06 bits per heavy atom. The lowest BCUT2D eigenvalue weighted by Crippen LogP contribution is -2.62. The third-order valence-corrected chi connectivity index (χ3v) is 11.0. The minimum Gasteiger partial charge on any atom is -0.431 e. The third-order valence-electron chi connectivity index (χ3n) is 11.0. The van der Waals surface area contributed by atoms with Gasteiger partial charge in [-0.05, 0) is 124 Å². The van der Waals surface area contributed by atoms with E-state index < -0.39 is 5.60 Å². The highest BCUT2D eigenvalue weighted by Gasteiger charge is 2.61. The zero-order chi connectivity index (χ0) is 24.1. The summed E-state index contributed by atoms with van der Waals surface area (Å²) in [6, 6.07) is 4.16. The van der Waals surface area contributed by atoms with Crippen LogP contribution in [0.4, 0.5) is 0 Å². The Labute approximate surface area is 205 Å². The van der Waals surface area contributed by atoms with Crippen LogP contribution in [0, 0.1) is 35.0 Å². The number of nitrogens with one attached hydrogen (secondary N) is 1. The van der Waals surface area contributed by atoms with Gasteiger partial charge in [-0.15, -0.1) is 0 Å². The number of nitrogens with zero attached hydrogens (tertiary/aromatic N) is 1. The highest BCUT2D eigenvalue weighted by molar-refractivity contribution is 5.20. The van der Waals surface area contributed by atoms with E-state index in [0.29, 0.717) is 41.0 Å². The molecule has 1 aromatic rings. The number of likely N-dealkylation sites (N-methyl/N-ethyl adjacent to an activating group) is 1. The van der Waals surface area contributed by atoms with E-state index in [4.69, 9.17) is 4.42 Å². The maximum absolute atomic E-state index is 12.3. The van der Waals surface area contributed by atoms with Gasteiger partial charge < -0.3 is 19.7 Å². The molecule has 1 heterocycles. The van der Waals surface area contributed by atoms with Crippen LogP contribution in [-0.4, -0.2) is 48.8 Å². The molecule has 2 N–H and O–H groups in total. The lowest BCUT2D eigenvalue weighted by Gasteiger charge is -2.64. The van der Waals surface area contributed by atoms with Crippen LogP contribution in [0.3, 0.4) is 0 Å². The van der Waals surface area contributed by atoms with Crippen molar-refractivity contribution in [3.05, 3.63) is 34.4 Å². The van der Waals surface area contributed by atoms with Crippen LogP contribution in [0.1, 0.15) is 83.1 Å². The molecule has 9 atom stereocenters. The van der Waals surface area contributed by atoms with Gasteiger partial charge in [-0.2, -0.15) is 0 Å². The van der Waals surface area contributed by atoms with Crippen molar-refractivity contribution in [2.24, 2.45) is 35.0 Å². The molecule has 5 nitrogen and oxygen atoms in total. The Bertz CT molecular complexity index is 894. The maximum atomic E-state index is 12.3. The van der Waals surface area contributed by atoms with Crippen LogP contribution in [-0.2, 0) is 0 Å². The first-order chi connectivity index (χ1) is 16.2. The molecule has 5 rings (SSSR count). The summed E-state index contributed by atoms with van der Waals surface area (Å²) >= 11 is 0. The van der Waals surface area contributed by atoms with Crippen LogP contribution in [0.15, 0.2) is 27.6 Å². The fourth-order valence-electron chi connectivity index (χ4n) is 9.16. The van der Waals surface area contributed by atoms with E-state index in [0.717, 1.165) is 43.8 Å². The summed E-state index contributed by atoms with van der Waals surface area (Å²) in [4.78, 5) is 13.7. The molecule has 190 valence electrons. The minimum atomic E-state index is -0.525. The van der Waals surface area contributed by atoms with Gasteiger partial charge >= 0.3 is 5.63 Å². The van der Waals surface area contributed by atoms with Gasteiger partial charge in [0.2, 0.25) is 0 Å². The zero-order valence-electron chi connectivity index (χ0n) is 21.8. The standard InChI is InChI=1S/C29H46N2O3/c1-19-23(20-5-10-27(32)34-18-20)12-14-29(33)24(19)8-9-25-26(29)7-6-21-17-22(11-13-28(21,25)2)30-15-16-31(3)4/h5,10,18-19,21-26,30,33H,6-9,11-17H2,1-4H3/t19?,21?,22?,23?,24?,25?,26?,28?,29-/m1/s1. The normalized spacial score (nSPS) is 44.2. The maximum Gasteiger partial charge on any atom is 0.335 e. The Morgan fingerprint density at radius 3 is 2.56 bits per heavy atom. The second-order valence-corrected chi connectivity index (χ2v) is 12.8. The molecule has 5 heteroatoms. The van der Waals surface area contributed by atoms with Gasteiger partial charge in [0.25, 0.3) is 0 Å². The van der Waals surface area contributed by atoms with Gasteiger partial charge in [-0.3, -0.25) is 0 Å². The highest BCUT2D eigenvalue weighted by atomic mass is 16.4. The first-order valence-electron chi connectivity index (χ1n) is 13.9. The molecule has 34 heavy (non-hydrogen) atoms. The van der Waals surface area contributed by atoms with Crippen LogP contribution >= 0.6 is 0 Å². The van der Waals surface area contributed by atoms with E-state index in [1.807, 2.05) is 6.07 Å². The molecular weight excluding hydrogens is 424 g/mol. The molecule has 4 saturated carbocycles. The molecule has 4 aliphatic rings. The third kappa shape index (κ3) is 4.20. The molecular formula is C29H46N2O3. The van der Waals surface area contributed by atoms with Gasteiger partial charge in [-0.25, -0.2) is 4.79 Å². The average Bonchev–Trinajstić information content (AvgIpc) is 2.80. The van der Waals surface area contributed by atoms with Crippen LogP contribution in [0.2, 0.25) is 0 Å². The largest absolute Gasteiger partial charge is 0.431 e. The first-order valence-corrected chi connectivity index (χ1v) is 13.9. The number of fused-ring (bicyclic) bond motifs is 5. The summed E-state index contributed by atoms with van der Waals surface area (Å²) in [5.41, 5.74) is 0.707. The minimum absolute atomic E-state index is 0.281. The van der Waals surface area contributed by atoms with Crippen molar-refractivity contribution < 1.29 is 9.52 Å². The van der Waals surface area contributed by atoms with Gasteiger partial charge in [0.05, 0.1) is 11.9 Å². The van der Waals surface area contributed by atoms with Crippen molar-refractivity contribution in [3.8, 4) is 0 Å². The van der Waals surface area contributed by atoms with Crippen LogP contribution < -0.4 is 10.9 Å². The quantitative estimate of drug-likeness (QED) is 0.656. The van der Waals surface area contributed by atoms with Crippen LogP contribution in [0.25, 0.3) is 0 Å². The summed E-state index contributed by atoms with van der Waals surface area (Å²) in [5, 5.41) is 16.1. The molecule has 0 radical (unpaired) electrons. The SMILES string of the molecule is CC1C(c2ccc(=O)oc2)CC[C@@]2(O)C1CCC1C2CCC2CC(NCCN(C)C)CCC21C. The van der Waals surface area contributed by atoms with Crippen molar-refractivity contribution in [2.45, 2.75) is 89.2 Å². The Hall–Kier alpha value is -1.17. The van der Waals surface area contributed by atoms with Gasteiger partial charge in [0.1, 0.15) is 0 Å². The highest BCUT2D eigenvalue weighted by Crippen LogP contribution is 2.65. The van der Waals surface area contributed by atoms with E-state index in [1.165, 1.54) is 38.5 Å². The molecule has 1 aromatic heterocycles. The number of aliphatic hydroxyl groups is 1. The fraction of sp³-hybridized carbons (Fsp3) is 0.828. The average molecular weight is 471 g/mol. The van der Waals surface area contributed by atoms with Crippen molar-refractivity contribution >= 4 is 0 Å². The van der Waals surface area contributed by atoms with Crippen molar-refractivity contribution in [3.63, 3.8) is 0 Å². The van der Waals surface area contributed by atoms with Gasteiger partial charge in [0, 0.05) is 25.2 Å². The predicted molar refractivity (Wildman–Crippen MR) is 136 cm³/mol. The second-order valence-electron chi connectivity index (χ2n) is 12.8. The second kappa shape index (κ2) is 9.37. The Balaban J connectivity index is 1.29. The molecule has 4 aliphatic carbocycles. The summed E-state index contributed by atoms with van der Waals surface area (Å²) in [5.74, 6) is 3.04. The van der Waals surface area contributed by atoms with Gasteiger partial charge in [0.15, 0.2) is 0 Å². The molecule has 4 fully saturated rings. The molecule has 8 unspecified atom stereocenters. The zero-order valence-corrected chi connectivity index (χ0v) is 21.8. The number of hydrogen-bond acceptors (Lipinski definition) is 5. The molecule has 0 amide bonds. The smallest absolute Gasteiger partial charge is 0.335 e. The van der Waals surface area contributed by atoms with Gasteiger partial charge in [-0.1, -0.05) is 13.8 Å². The van der Waals surface area contributed by atoms with Crippen molar-refractivity contribution in [1.82, 2.24) is 10.2 Å². The monoisotopic (exact) mass is 470 g/mol. The van der Waals surface area contributed by atoms with Crippen LogP contribution in [0.5, 0.6) is 0 Å². The number of rotatable bonds is 5.